The average molecular weight is 466 g/mol. The van der Waals surface area contributed by atoms with Crippen LogP contribution in [0.3, 0.4) is 0 Å². The normalized spacial score (nSPS) is 19.0. The number of nitrogens with two attached hydrogens (primary N) is 2. The number of carbonyl (C=O) groups is 1. The fraction of sp³-hybridized carbons (Fsp3) is 0.435. The number of ether oxygens (including phenoxy) is 3. The van der Waals surface area contributed by atoms with Crippen LogP contribution in [-0.2, 0) is 4.74 Å². The van der Waals surface area contributed by atoms with Crippen LogP contribution in [0.1, 0.15) is 34.7 Å². The van der Waals surface area contributed by atoms with Crippen LogP contribution in [0.25, 0.3) is 0 Å². The molecule has 2 unspecified atom stereocenters. The lowest BCUT2D eigenvalue weighted by molar-refractivity contribution is 0.0128. The summed E-state index contributed by atoms with van der Waals surface area (Å²) in [5.74, 6) is -0.0111. The highest BCUT2D eigenvalue weighted by Crippen LogP contribution is 2.44. The van der Waals surface area contributed by atoms with E-state index in [2.05, 4.69) is 4.90 Å². The van der Waals surface area contributed by atoms with Gasteiger partial charge in [-0.25, -0.2) is 4.39 Å². The Morgan fingerprint density at radius 3 is 2.62 bits per heavy atom. The van der Waals surface area contributed by atoms with E-state index in [1.807, 2.05) is 0 Å². The van der Waals surface area contributed by atoms with E-state index < -0.39 is 5.91 Å². The van der Waals surface area contributed by atoms with Gasteiger partial charge in [0.05, 0.1) is 36.1 Å². The standard InChI is InChI=1S/C23H29ClFN3O4/c1-30-19-13-28(9-3-11-32-15-6-4-14(25)5-7-15)10-8-16(19)20-21(26)18(24)12-17(23(27)29)22(20)31-2/h4-7,12,16,19H,3,8-11,13,26H2,1-2H3,(H2,27,29). The number of halogens is 2. The molecule has 0 aromatic heterocycles. The Labute approximate surface area is 192 Å². The number of rotatable bonds is 9. The Morgan fingerprint density at radius 1 is 1.28 bits per heavy atom. The van der Waals surface area contributed by atoms with E-state index in [1.54, 1.807) is 19.2 Å². The zero-order chi connectivity index (χ0) is 23.3. The molecular weight excluding hydrogens is 437 g/mol. The van der Waals surface area contributed by atoms with Crippen molar-refractivity contribution in [2.24, 2.45) is 5.73 Å². The zero-order valence-electron chi connectivity index (χ0n) is 18.3. The van der Waals surface area contributed by atoms with Crippen molar-refractivity contribution in [1.29, 1.82) is 0 Å². The summed E-state index contributed by atoms with van der Waals surface area (Å²) in [5, 5.41) is 0.268. The second-order valence-corrected chi connectivity index (χ2v) is 8.16. The number of likely N-dealkylation sites (tertiary alicyclic amines) is 1. The Hall–Kier alpha value is -2.55. The summed E-state index contributed by atoms with van der Waals surface area (Å²) in [4.78, 5) is 14.2. The second kappa shape index (κ2) is 10.8. The molecule has 3 rings (SSSR count). The van der Waals surface area contributed by atoms with E-state index in [9.17, 15) is 9.18 Å². The number of nitrogens with zero attached hydrogens (tertiary/aromatic N) is 1. The number of nitrogen functional groups attached to an aromatic ring is 1. The Morgan fingerprint density at radius 2 is 2.00 bits per heavy atom. The molecule has 7 nitrogen and oxygen atoms in total. The third-order valence-corrected chi connectivity index (χ3v) is 6.11. The van der Waals surface area contributed by atoms with Crippen molar-refractivity contribution in [3.8, 4) is 11.5 Å². The fourth-order valence-corrected chi connectivity index (χ4v) is 4.41. The number of amides is 1. The van der Waals surface area contributed by atoms with Crippen LogP contribution in [0, 0.1) is 5.82 Å². The molecule has 0 aliphatic carbocycles. The smallest absolute Gasteiger partial charge is 0.252 e. The van der Waals surface area contributed by atoms with Gasteiger partial charge in [0.25, 0.3) is 5.91 Å². The minimum absolute atomic E-state index is 0.0986. The molecule has 0 saturated carbocycles. The maximum absolute atomic E-state index is 13.0. The van der Waals surface area contributed by atoms with Crippen LogP contribution in [0.2, 0.25) is 5.02 Å². The van der Waals surface area contributed by atoms with Crippen molar-refractivity contribution in [1.82, 2.24) is 4.90 Å². The molecule has 2 atom stereocenters. The maximum Gasteiger partial charge on any atom is 0.252 e. The molecule has 0 spiro atoms. The van der Waals surface area contributed by atoms with Gasteiger partial charge in [0.2, 0.25) is 0 Å². The lowest BCUT2D eigenvalue weighted by Gasteiger charge is -2.39. The highest BCUT2D eigenvalue weighted by atomic mass is 35.5. The van der Waals surface area contributed by atoms with Gasteiger partial charge < -0.3 is 30.6 Å². The van der Waals surface area contributed by atoms with Crippen molar-refractivity contribution < 1.29 is 23.4 Å². The molecule has 1 aliphatic rings. The minimum atomic E-state index is -0.627. The average Bonchev–Trinajstić information content (AvgIpc) is 2.79. The zero-order valence-corrected chi connectivity index (χ0v) is 19.0. The summed E-state index contributed by atoms with van der Waals surface area (Å²) < 4.78 is 30.0. The lowest BCUT2D eigenvalue weighted by atomic mass is 9.84. The van der Waals surface area contributed by atoms with Gasteiger partial charge in [0, 0.05) is 31.7 Å². The number of methoxy groups -OCH3 is 2. The predicted molar refractivity (Wildman–Crippen MR) is 122 cm³/mol. The molecule has 4 N–H and O–H groups in total. The fourth-order valence-electron chi connectivity index (χ4n) is 4.20. The van der Waals surface area contributed by atoms with Gasteiger partial charge in [-0.2, -0.15) is 0 Å². The first-order valence-electron chi connectivity index (χ1n) is 10.4. The van der Waals surface area contributed by atoms with Crippen molar-refractivity contribution in [2.75, 3.05) is 46.2 Å². The van der Waals surface area contributed by atoms with Gasteiger partial charge in [0.15, 0.2) is 0 Å². The van der Waals surface area contributed by atoms with E-state index in [-0.39, 0.29) is 28.4 Å². The molecule has 1 fully saturated rings. The quantitative estimate of drug-likeness (QED) is 0.434. The van der Waals surface area contributed by atoms with Crippen LogP contribution >= 0.6 is 11.6 Å². The third-order valence-electron chi connectivity index (χ3n) is 5.80. The lowest BCUT2D eigenvalue weighted by Crippen LogP contribution is -2.44. The van der Waals surface area contributed by atoms with Crippen LogP contribution in [-0.4, -0.2) is 57.4 Å². The van der Waals surface area contributed by atoms with Gasteiger partial charge in [-0.1, -0.05) is 11.6 Å². The molecule has 1 amide bonds. The summed E-state index contributed by atoms with van der Waals surface area (Å²) in [6.07, 6.45) is 1.39. The first-order valence-corrected chi connectivity index (χ1v) is 10.8. The number of piperidine rings is 1. The Balaban J connectivity index is 1.66. The van der Waals surface area contributed by atoms with Crippen LogP contribution < -0.4 is 20.9 Å². The molecule has 32 heavy (non-hydrogen) atoms. The number of benzene rings is 2. The molecule has 9 heteroatoms. The first kappa shape index (κ1) is 24.1. The van der Waals surface area contributed by atoms with E-state index >= 15 is 0 Å². The monoisotopic (exact) mass is 465 g/mol. The summed E-state index contributed by atoms with van der Waals surface area (Å²) in [6, 6.07) is 7.43. The Kier molecular flexibility index (Phi) is 8.17. The first-order chi connectivity index (χ1) is 15.3. The largest absolute Gasteiger partial charge is 0.496 e. The maximum atomic E-state index is 13.0. The molecule has 174 valence electrons. The summed E-state index contributed by atoms with van der Waals surface area (Å²) in [6.45, 7) is 2.84. The molecule has 1 aliphatic heterocycles. The van der Waals surface area contributed by atoms with Gasteiger partial charge in [0.1, 0.15) is 17.3 Å². The molecule has 0 radical (unpaired) electrons. The predicted octanol–water partition coefficient (Wildman–Crippen LogP) is 3.44. The topological polar surface area (TPSA) is 100 Å². The molecule has 1 heterocycles. The van der Waals surface area contributed by atoms with E-state index in [4.69, 9.17) is 37.3 Å². The molecule has 2 aromatic rings. The summed E-state index contributed by atoms with van der Waals surface area (Å²) >= 11 is 6.30. The third kappa shape index (κ3) is 5.43. The number of primary amides is 1. The minimum Gasteiger partial charge on any atom is -0.496 e. The summed E-state index contributed by atoms with van der Waals surface area (Å²) in [7, 11) is 3.14. The van der Waals surface area contributed by atoms with Gasteiger partial charge in [-0.15, -0.1) is 0 Å². The highest BCUT2D eigenvalue weighted by Gasteiger charge is 2.35. The number of anilines is 1. The number of hydrogen-bond donors (Lipinski definition) is 2. The van der Waals surface area contributed by atoms with Crippen molar-refractivity contribution in [2.45, 2.75) is 24.9 Å². The SMILES string of the molecule is COc1c(C(N)=O)cc(Cl)c(N)c1C1CCN(CCCOc2ccc(F)cc2)CC1OC. The van der Waals surface area contributed by atoms with Gasteiger partial charge in [-0.05, 0) is 49.7 Å². The van der Waals surface area contributed by atoms with Crippen molar-refractivity contribution in [3.05, 3.63) is 52.3 Å². The highest BCUT2D eigenvalue weighted by molar-refractivity contribution is 6.33. The van der Waals surface area contributed by atoms with Gasteiger partial charge in [-0.3, -0.25) is 4.79 Å². The number of carbonyl (C=O) groups excluding carboxylic acids is 1. The molecular formula is C23H29ClFN3O4. The van der Waals surface area contributed by atoms with E-state index in [0.29, 0.717) is 35.9 Å². The molecule has 2 aromatic carbocycles. The molecule has 1 saturated heterocycles. The van der Waals surface area contributed by atoms with Crippen LogP contribution in [0.5, 0.6) is 11.5 Å². The van der Waals surface area contributed by atoms with E-state index in [0.717, 1.165) is 25.9 Å². The Bertz CT molecular complexity index is 942. The second-order valence-electron chi connectivity index (χ2n) is 7.76. The van der Waals surface area contributed by atoms with Crippen molar-refractivity contribution >= 4 is 23.2 Å². The number of hydrogen-bond acceptors (Lipinski definition) is 6. The van der Waals surface area contributed by atoms with Crippen molar-refractivity contribution in [3.63, 3.8) is 0 Å². The van der Waals surface area contributed by atoms with Crippen LogP contribution in [0.4, 0.5) is 10.1 Å². The van der Waals surface area contributed by atoms with Crippen LogP contribution in [0.15, 0.2) is 30.3 Å². The van der Waals surface area contributed by atoms with Gasteiger partial charge >= 0.3 is 0 Å². The summed E-state index contributed by atoms with van der Waals surface area (Å²) in [5.41, 5.74) is 13.1. The molecule has 0 bridgehead atoms. The van der Waals surface area contributed by atoms with E-state index in [1.165, 1.54) is 25.3 Å².